The molecule has 0 spiro atoms. The van der Waals surface area contributed by atoms with Crippen LogP contribution in [0.2, 0.25) is 0 Å². The fraction of sp³-hybridized carbons (Fsp3) is 0. The van der Waals surface area contributed by atoms with E-state index in [0.29, 0.717) is 5.56 Å². The van der Waals surface area contributed by atoms with Gasteiger partial charge in [0.1, 0.15) is 0 Å². The number of rotatable bonds is 3. The molecule has 0 heterocycles. The van der Waals surface area contributed by atoms with Gasteiger partial charge in [-0.3, -0.25) is 0 Å². The highest BCUT2D eigenvalue weighted by Gasteiger charge is 2.02. The minimum absolute atomic E-state index is 0.127. The summed E-state index contributed by atoms with van der Waals surface area (Å²) in [4.78, 5) is 14.0. The molecule has 0 aliphatic carbocycles. The van der Waals surface area contributed by atoms with Gasteiger partial charge in [0.05, 0.1) is 0 Å². The van der Waals surface area contributed by atoms with Gasteiger partial charge in [-0.15, -0.1) is 0 Å². The first-order valence-corrected chi connectivity index (χ1v) is 3.69. The van der Waals surface area contributed by atoms with Crippen molar-refractivity contribution in [3.8, 4) is 11.5 Å². The summed E-state index contributed by atoms with van der Waals surface area (Å²) in [6.45, 7) is 0. The Morgan fingerprint density at radius 1 is 1.43 bits per heavy atom. The first-order chi connectivity index (χ1) is 6.63. The van der Waals surface area contributed by atoms with Gasteiger partial charge in [0, 0.05) is 6.08 Å². The third kappa shape index (κ3) is 2.49. The molecule has 0 aliphatic rings. The molecule has 74 valence electrons. The maximum absolute atomic E-state index is 10.2. The van der Waals surface area contributed by atoms with E-state index in [9.17, 15) is 4.79 Å². The first kappa shape index (κ1) is 10.1. The summed E-state index contributed by atoms with van der Waals surface area (Å²) in [5.74, 6) is -1.43. The van der Waals surface area contributed by atoms with Gasteiger partial charge in [0.2, 0.25) is 5.75 Å². The second kappa shape index (κ2) is 4.29. The molecule has 5 heteroatoms. The molecule has 0 saturated heterocycles. The monoisotopic (exact) mass is 196 g/mol. The summed E-state index contributed by atoms with van der Waals surface area (Å²) in [7, 11) is 0. The van der Waals surface area contributed by atoms with Crippen molar-refractivity contribution in [3.63, 3.8) is 0 Å². The third-order valence-electron chi connectivity index (χ3n) is 1.50. The first-order valence-electron chi connectivity index (χ1n) is 3.69. The number of phenols is 1. The van der Waals surface area contributed by atoms with Crippen molar-refractivity contribution >= 4 is 12.0 Å². The SMILES string of the molecule is O=C(O)/C=C/c1ccc(O)c(OO)c1. The molecule has 0 bridgehead atoms. The number of phenolic OH excluding ortho intramolecular Hbond substituents is 1. The van der Waals surface area contributed by atoms with Gasteiger partial charge in [-0.2, -0.15) is 0 Å². The Morgan fingerprint density at radius 3 is 2.71 bits per heavy atom. The van der Waals surface area contributed by atoms with Crippen LogP contribution in [0.15, 0.2) is 24.3 Å². The predicted molar refractivity (Wildman–Crippen MR) is 48.0 cm³/mol. The average Bonchev–Trinajstić information content (AvgIpc) is 2.16. The summed E-state index contributed by atoms with van der Waals surface area (Å²) in [6.07, 6.45) is 2.25. The van der Waals surface area contributed by atoms with Crippen molar-refractivity contribution in [1.82, 2.24) is 0 Å². The Balaban J connectivity index is 2.95. The zero-order chi connectivity index (χ0) is 10.6. The van der Waals surface area contributed by atoms with E-state index in [1.807, 2.05) is 0 Å². The summed E-state index contributed by atoms with van der Waals surface area (Å²) >= 11 is 0. The molecular formula is C9H8O5. The van der Waals surface area contributed by atoms with Crippen molar-refractivity contribution in [2.75, 3.05) is 0 Å². The van der Waals surface area contributed by atoms with Gasteiger partial charge < -0.3 is 15.1 Å². The van der Waals surface area contributed by atoms with E-state index >= 15 is 0 Å². The Bertz CT molecular complexity index is 369. The molecule has 5 nitrogen and oxygen atoms in total. The summed E-state index contributed by atoms with van der Waals surface area (Å²) in [6, 6.07) is 4.07. The Hall–Kier alpha value is -2.01. The van der Waals surface area contributed by atoms with Crippen LogP contribution >= 0.6 is 0 Å². The lowest BCUT2D eigenvalue weighted by Crippen LogP contribution is -1.87. The minimum atomic E-state index is -1.08. The summed E-state index contributed by atoms with van der Waals surface area (Å²) in [5.41, 5.74) is 0.495. The molecule has 0 unspecified atom stereocenters. The molecule has 0 aliphatic heterocycles. The zero-order valence-corrected chi connectivity index (χ0v) is 7.04. The lowest BCUT2D eigenvalue weighted by Gasteiger charge is -2.00. The van der Waals surface area contributed by atoms with Crippen LogP contribution < -0.4 is 4.89 Å². The normalized spacial score (nSPS) is 10.4. The van der Waals surface area contributed by atoms with Gasteiger partial charge in [-0.05, 0) is 23.8 Å². The topological polar surface area (TPSA) is 87.0 Å². The molecule has 1 rings (SSSR count). The van der Waals surface area contributed by atoms with E-state index in [0.717, 1.165) is 6.08 Å². The molecule has 3 N–H and O–H groups in total. The smallest absolute Gasteiger partial charge is 0.328 e. The highest BCUT2D eigenvalue weighted by Crippen LogP contribution is 2.26. The number of hydrogen-bond acceptors (Lipinski definition) is 4. The van der Waals surface area contributed by atoms with Crippen molar-refractivity contribution in [3.05, 3.63) is 29.8 Å². The van der Waals surface area contributed by atoms with Gasteiger partial charge in [0.25, 0.3) is 0 Å². The molecule has 0 atom stereocenters. The predicted octanol–water partition coefficient (Wildman–Crippen LogP) is 1.34. The summed E-state index contributed by atoms with van der Waals surface area (Å²) < 4.78 is 0. The Kier molecular flexibility index (Phi) is 3.09. The zero-order valence-electron chi connectivity index (χ0n) is 7.04. The van der Waals surface area contributed by atoms with Crippen molar-refractivity contribution in [2.45, 2.75) is 0 Å². The molecule has 0 aromatic heterocycles. The number of carboxylic acid groups (broad SMARTS) is 1. The number of aliphatic carboxylic acids is 1. The standard InChI is InChI=1S/C9H8O5/c10-7-3-1-6(2-4-9(11)12)5-8(7)14-13/h1-5,10,13H,(H,11,12)/b4-2+. The number of carbonyl (C=O) groups is 1. The lowest BCUT2D eigenvalue weighted by molar-refractivity contribution is -0.139. The van der Waals surface area contributed by atoms with E-state index in [4.69, 9.17) is 15.5 Å². The quantitative estimate of drug-likeness (QED) is 0.385. The van der Waals surface area contributed by atoms with Crippen LogP contribution in [0.4, 0.5) is 0 Å². The largest absolute Gasteiger partial charge is 0.504 e. The molecule has 0 radical (unpaired) electrons. The van der Waals surface area contributed by atoms with Crippen LogP contribution in [0.5, 0.6) is 11.5 Å². The fourth-order valence-corrected chi connectivity index (χ4v) is 0.875. The maximum Gasteiger partial charge on any atom is 0.328 e. The number of hydrogen-bond donors (Lipinski definition) is 3. The van der Waals surface area contributed by atoms with E-state index < -0.39 is 5.97 Å². The van der Waals surface area contributed by atoms with Crippen LogP contribution in [-0.2, 0) is 4.79 Å². The number of benzene rings is 1. The lowest BCUT2D eigenvalue weighted by atomic mass is 10.2. The van der Waals surface area contributed by atoms with Crippen LogP contribution in [0.25, 0.3) is 6.08 Å². The molecule has 14 heavy (non-hydrogen) atoms. The molecule has 0 saturated carbocycles. The van der Waals surface area contributed by atoms with E-state index in [-0.39, 0.29) is 11.5 Å². The highest BCUT2D eigenvalue weighted by molar-refractivity contribution is 5.85. The Labute approximate surface area is 79.4 Å². The van der Waals surface area contributed by atoms with E-state index in [2.05, 4.69) is 4.89 Å². The molecule has 0 fully saturated rings. The van der Waals surface area contributed by atoms with Gasteiger partial charge in [-0.25, -0.2) is 10.1 Å². The van der Waals surface area contributed by atoms with Gasteiger partial charge in [-0.1, -0.05) is 6.07 Å². The number of aromatic hydroxyl groups is 1. The van der Waals surface area contributed by atoms with Crippen molar-refractivity contribution < 1.29 is 25.2 Å². The molecular weight excluding hydrogens is 188 g/mol. The average molecular weight is 196 g/mol. The molecule has 1 aromatic carbocycles. The molecule has 0 amide bonds. The fourth-order valence-electron chi connectivity index (χ4n) is 0.875. The maximum atomic E-state index is 10.2. The van der Waals surface area contributed by atoms with Crippen molar-refractivity contribution in [2.24, 2.45) is 0 Å². The summed E-state index contributed by atoms with van der Waals surface area (Å²) in [5, 5.41) is 25.7. The second-order valence-corrected chi connectivity index (χ2v) is 2.49. The highest BCUT2D eigenvalue weighted by atomic mass is 17.1. The van der Waals surface area contributed by atoms with Crippen LogP contribution in [0.1, 0.15) is 5.56 Å². The second-order valence-electron chi connectivity index (χ2n) is 2.49. The van der Waals surface area contributed by atoms with Gasteiger partial charge in [0.15, 0.2) is 5.75 Å². The number of carboxylic acids is 1. The third-order valence-corrected chi connectivity index (χ3v) is 1.50. The minimum Gasteiger partial charge on any atom is -0.504 e. The van der Waals surface area contributed by atoms with Crippen LogP contribution in [0.3, 0.4) is 0 Å². The van der Waals surface area contributed by atoms with Gasteiger partial charge >= 0.3 is 5.97 Å². The van der Waals surface area contributed by atoms with Crippen LogP contribution in [0, 0.1) is 0 Å². The van der Waals surface area contributed by atoms with Crippen molar-refractivity contribution in [1.29, 1.82) is 0 Å². The van der Waals surface area contributed by atoms with E-state index in [1.165, 1.54) is 24.3 Å². The Morgan fingerprint density at radius 2 is 2.14 bits per heavy atom. The molecule has 1 aromatic rings. The van der Waals surface area contributed by atoms with E-state index in [1.54, 1.807) is 0 Å². The van der Waals surface area contributed by atoms with Crippen LogP contribution in [-0.4, -0.2) is 21.4 Å².